The van der Waals surface area contributed by atoms with Gasteiger partial charge in [0, 0.05) is 37.8 Å². The standard InChI is InChI=1S/C18H26N2O5/c1-5-19-8-6-12(10-15(19)21)13-7-9-20(11-14(13)16(22)23)17(24)25-18(2,3)4/h6,8,10,13-14H,5,7,9,11H2,1-4H3,(H,22,23)/t13-,14+/m0/s1. The predicted octanol–water partition coefficient (Wildman–Crippen LogP) is 2.29. The van der Waals surface area contributed by atoms with Gasteiger partial charge in [0.1, 0.15) is 5.60 Å². The van der Waals surface area contributed by atoms with Gasteiger partial charge in [-0.25, -0.2) is 4.79 Å². The molecule has 2 heterocycles. The van der Waals surface area contributed by atoms with E-state index in [4.69, 9.17) is 4.74 Å². The van der Waals surface area contributed by atoms with Crippen LogP contribution in [0.15, 0.2) is 23.1 Å². The average Bonchev–Trinajstić information content (AvgIpc) is 2.52. The number of nitrogens with zero attached hydrogens (tertiary/aromatic N) is 2. The Balaban J connectivity index is 2.20. The second-order valence-corrected chi connectivity index (χ2v) is 7.35. The van der Waals surface area contributed by atoms with Crippen molar-refractivity contribution >= 4 is 12.1 Å². The fourth-order valence-corrected chi connectivity index (χ4v) is 3.11. The normalized spacial score (nSPS) is 21.0. The minimum Gasteiger partial charge on any atom is -0.481 e. The van der Waals surface area contributed by atoms with E-state index in [0.717, 1.165) is 0 Å². The van der Waals surface area contributed by atoms with Gasteiger partial charge in [0.05, 0.1) is 5.92 Å². The van der Waals surface area contributed by atoms with Crippen molar-refractivity contribution in [3.05, 3.63) is 34.2 Å². The number of likely N-dealkylation sites (tertiary alicyclic amines) is 1. The van der Waals surface area contributed by atoms with Crippen molar-refractivity contribution in [2.45, 2.75) is 52.2 Å². The van der Waals surface area contributed by atoms with Gasteiger partial charge in [0.2, 0.25) is 0 Å². The van der Waals surface area contributed by atoms with E-state index < -0.39 is 23.6 Å². The quantitative estimate of drug-likeness (QED) is 0.903. The fraction of sp³-hybridized carbons (Fsp3) is 0.611. The Bertz CT molecular complexity index is 704. The Morgan fingerprint density at radius 2 is 2.04 bits per heavy atom. The molecule has 138 valence electrons. The molecule has 0 radical (unpaired) electrons. The number of aliphatic carboxylic acids is 1. The highest BCUT2D eigenvalue weighted by Crippen LogP contribution is 2.33. The van der Waals surface area contributed by atoms with Gasteiger partial charge in [-0.05, 0) is 45.7 Å². The molecule has 0 bridgehead atoms. The van der Waals surface area contributed by atoms with Crippen LogP contribution in [0.3, 0.4) is 0 Å². The first kappa shape index (κ1) is 19.0. The summed E-state index contributed by atoms with van der Waals surface area (Å²) < 4.78 is 6.90. The summed E-state index contributed by atoms with van der Waals surface area (Å²) in [6.45, 7) is 8.24. The van der Waals surface area contributed by atoms with Gasteiger partial charge in [0.15, 0.2) is 0 Å². The summed E-state index contributed by atoms with van der Waals surface area (Å²) in [4.78, 5) is 37.4. The molecule has 1 aromatic rings. The van der Waals surface area contributed by atoms with Crippen LogP contribution in [0.5, 0.6) is 0 Å². The monoisotopic (exact) mass is 350 g/mol. The molecule has 7 nitrogen and oxygen atoms in total. The zero-order chi connectivity index (χ0) is 18.8. The lowest BCUT2D eigenvalue weighted by Crippen LogP contribution is -2.47. The first-order valence-electron chi connectivity index (χ1n) is 8.53. The SMILES string of the molecule is CCn1ccc([C@@H]2CCN(C(=O)OC(C)(C)C)C[C@H]2C(=O)O)cc1=O. The maximum atomic E-state index is 12.2. The maximum Gasteiger partial charge on any atom is 0.410 e. The topological polar surface area (TPSA) is 88.8 Å². The second-order valence-electron chi connectivity index (χ2n) is 7.35. The third-order valence-corrected chi connectivity index (χ3v) is 4.37. The van der Waals surface area contributed by atoms with E-state index in [1.165, 1.54) is 11.0 Å². The van der Waals surface area contributed by atoms with Gasteiger partial charge >= 0.3 is 12.1 Å². The molecule has 0 saturated carbocycles. The van der Waals surface area contributed by atoms with Crippen molar-refractivity contribution in [2.24, 2.45) is 5.92 Å². The van der Waals surface area contributed by atoms with E-state index in [1.807, 2.05) is 6.92 Å². The molecule has 1 amide bonds. The predicted molar refractivity (Wildman–Crippen MR) is 92.7 cm³/mol. The lowest BCUT2D eigenvalue weighted by molar-refractivity contribution is -0.144. The summed E-state index contributed by atoms with van der Waals surface area (Å²) in [6.07, 6.45) is 1.67. The number of hydrogen-bond donors (Lipinski definition) is 1. The van der Waals surface area contributed by atoms with E-state index in [9.17, 15) is 19.5 Å². The third kappa shape index (κ3) is 4.61. The Hall–Kier alpha value is -2.31. The molecular weight excluding hydrogens is 324 g/mol. The number of amides is 1. The molecule has 25 heavy (non-hydrogen) atoms. The lowest BCUT2D eigenvalue weighted by atomic mass is 9.81. The molecule has 7 heteroatoms. The molecule has 0 aromatic carbocycles. The van der Waals surface area contributed by atoms with Crippen LogP contribution >= 0.6 is 0 Å². The van der Waals surface area contributed by atoms with Crippen LogP contribution in [-0.2, 0) is 16.1 Å². The first-order chi connectivity index (χ1) is 11.6. The molecule has 1 aromatic heterocycles. The smallest absolute Gasteiger partial charge is 0.410 e. The van der Waals surface area contributed by atoms with Crippen LogP contribution in [0, 0.1) is 5.92 Å². The van der Waals surface area contributed by atoms with Gasteiger partial charge < -0.3 is 19.3 Å². The van der Waals surface area contributed by atoms with Crippen molar-refractivity contribution in [1.82, 2.24) is 9.47 Å². The number of piperidine rings is 1. The summed E-state index contributed by atoms with van der Waals surface area (Å²) in [5, 5.41) is 9.61. The highest BCUT2D eigenvalue weighted by atomic mass is 16.6. The number of hydrogen-bond acceptors (Lipinski definition) is 4. The van der Waals surface area contributed by atoms with Crippen molar-refractivity contribution < 1.29 is 19.4 Å². The second kappa shape index (κ2) is 7.29. The summed E-state index contributed by atoms with van der Waals surface area (Å²) >= 11 is 0. The zero-order valence-corrected chi connectivity index (χ0v) is 15.2. The van der Waals surface area contributed by atoms with Crippen LogP contribution in [0.1, 0.15) is 45.6 Å². The number of rotatable bonds is 3. The zero-order valence-electron chi connectivity index (χ0n) is 15.2. The van der Waals surface area contributed by atoms with Crippen molar-refractivity contribution in [2.75, 3.05) is 13.1 Å². The number of aromatic nitrogens is 1. The van der Waals surface area contributed by atoms with Crippen LogP contribution in [-0.4, -0.2) is 45.3 Å². The van der Waals surface area contributed by atoms with Gasteiger partial charge in [0.25, 0.3) is 5.56 Å². The third-order valence-electron chi connectivity index (χ3n) is 4.37. The summed E-state index contributed by atoms with van der Waals surface area (Å²) in [7, 11) is 0. The number of carboxylic acids is 1. The molecule has 1 aliphatic heterocycles. The average molecular weight is 350 g/mol. The van der Waals surface area contributed by atoms with Gasteiger partial charge in [-0.3, -0.25) is 9.59 Å². The molecule has 0 spiro atoms. The van der Waals surface area contributed by atoms with E-state index >= 15 is 0 Å². The molecule has 2 atom stereocenters. The minimum atomic E-state index is -0.974. The lowest BCUT2D eigenvalue weighted by Gasteiger charge is -2.37. The van der Waals surface area contributed by atoms with Crippen LogP contribution in [0.25, 0.3) is 0 Å². The molecule has 1 aliphatic rings. The minimum absolute atomic E-state index is 0.0752. The molecule has 1 N–H and O–H groups in total. The van der Waals surface area contributed by atoms with Gasteiger partial charge in [-0.15, -0.1) is 0 Å². The molecule has 1 fully saturated rings. The highest BCUT2D eigenvalue weighted by Gasteiger charge is 2.38. The molecular formula is C18H26N2O5. The number of carbonyl (C=O) groups is 2. The van der Waals surface area contributed by atoms with Gasteiger partial charge in [-0.1, -0.05) is 0 Å². The number of carboxylic acid groups (broad SMARTS) is 1. The van der Waals surface area contributed by atoms with E-state index in [0.29, 0.717) is 25.1 Å². The summed E-state index contributed by atoms with van der Waals surface area (Å²) in [5.74, 6) is -2.04. The number of carbonyl (C=O) groups excluding carboxylic acids is 1. The highest BCUT2D eigenvalue weighted by molar-refractivity contribution is 5.74. The van der Waals surface area contributed by atoms with E-state index in [1.54, 1.807) is 37.6 Å². The van der Waals surface area contributed by atoms with Crippen LogP contribution in [0.4, 0.5) is 4.79 Å². The van der Waals surface area contributed by atoms with E-state index in [2.05, 4.69) is 0 Å². The maximum absolute atomic E-state index is 12.2. The van der Waals surface area contributed by atoms with Crippen molar-refractivity contribution in [1.29, 1.82) is 0 Å². The largest absolute Gasteiger partial charge is 0.481 e. The van der Waals surface area contributed by atoms with E-state index in [-0.39, 0.29) is 18.0 Å². The van der Waals surface area contributed by atoms with Crippen LogP contribution in [0.2, 0.25) is 0 Å². The summed E-state index contributed by atoms with van der Waals surface area (Å²) in [5.41, 5.74) is -0.0539. The molecule has 2 rings (SSSR count). The van der Waals surface area contributed by atoms with Crippen LogP contribution < -0.4 is 5.56 Å². The Labute approximate surface area is 147 Å². The Morgan fingerprint density at radius 3 is 2.56 bits per heavy atom. The fourth-order valence-electron chi connectivity index (χ4n) is 3.11. The molecule has 0 unspecified atom stereocenters. The molecule has 0 aliphatic carbocycles. The molecule has 1 saturated heterocycles. The Kier molecular flexibility index (Phi) is 5.55. The number of ether oxygens (including phenoxy) is 1. The first-order valence-corrected chi connectivity index (χ1v) is 8.53. The number of aryl methyl sites for hydroxylation is 1. The Morgan fingerprint density at radius 1 is 1.36 bits per heavy atom. The summed E-state index contributed by atoms with van der Waals surface area (Å²) in [6, 6.07) is 3.31. The van der Waals surface area contributed by atoms with Crippen molar-refractivity contribution in [3.8, 4) is 0 Å². The number of pyridine rings is 1. The van der Waals surface area contributed by atoms with Gasteiger partial charge in [-0.2, -0.15) is 0 Å². The van der Waals surface area contributed by atoms with Crippen molar-refractivity contribution in [3.63, 3.8) is 0 Å².